The molecular formula is C18H23N3O2. The summed E-state index contributed by atoms with van der Waals surface area (Å²) in [5.41, 5.74) is 1.74. The number of aliphatic imine (C=N–C) groups is 1. The van der Waals surface area contributed by atoms with E-state index in [-0.39, 0.29) is 11.9 Å². The van der Waals surface area contributed by atoms with Crippen LogP contribution < -0.4 is 0 Å². The van der Waals surface area contributed by atoms with Crippen molar-refractivity contribution in [3.8, 4) is 0 Å². The number of carbonyl (C=O) groups excluding carboxylic acids is 2. The number of allylic oxidation sites excluding steroid dienone is 2. The Balaban J connectivity index is 2.37. The summed E-state index contributed by atoms with van der Waals surface area (Å²) in [7, 11) is 1.62. The van der Waals surface area contributed by atoms with E-state index in [0.717, 1.165) is 11.1 Å². The van der Waals surface area contributed by atoms with Gasteiger partial charge in [0.25, 0.3) is 5.91 Å². The fraction of sp³-hybridized carbons (Fsp3) is 0.389. The van der Waals surface area contributed by atoms with Crippen molar-refractivity contribution in [2.45, 2.75) is 39.8 Å². The Labute approximate surface area is 137 Å². The minimum absolute atomic E-state index is 0.233. The van der Waals surface area contributed by atoms with Crippen LogP contribution in [-0.4, -0.2) is 40.5 Å². The zero-order valence-corrected chi connectivity index (χ0v) is 14.3. The molecule has 0 unspecified atom stereocenters. The molecule has 0 aliphatic carbocycles. The van der Waals surface area contributed by atoms with Crippen LogP contribution in [0.4, 0.5) is 4.79 Å². The second-order valence-electron chi connectivity index (χ2n) is 6.16. The zero-order valence-electron chi connectivity index (χ0n) is 14.3. The largest absolute Gasteiger partial charge is 0.332 e. The first-order valence-electron chi connectivity index (χ1n) is 7.63. The molecule has 0 spiro atoms. The molecule has 1 heterocycles. The van der Waals surface area contributed by atoms with E-state index in [2.05, 4.69) is 4.99 Å². The first-order valence-corrected chi connectivity index (χ1v) is 7.63. The maximum atomic E-state index is 12.8. The van der Waals surface area contributed by atoms with E-state index in [0.29, 0.717) is 12.2 Å². The lowest BCUT2D eigenvalue weighted by molar-refractivity contribution is -0.130. The van der Waals surface area contributed by atoms with Crippen LogP contribution in [0, 0.1) is 6.92 Å². The molecule has 1 fully saturated rings. The SMILES string of the molecule is CC=C(C=NC)N1C(=O)N(Cc2cccc(C)c2)C(C)(C)C1=O. The molecule has 0 atom stereocenters. The van der Waals surface area contributed by atoms with E-state index in [4.69, 9.17) is 0 Å². The second kappa shape index (κ2) is 6.36. The van der Waals surface area contributed by atoms with E-state index in [1.807, 2.05) is 31.2 Å². The Morgan fingerprint density at radius 1 is 1.30 bits per heavy atom. The first-order chi connectivity index (χ1) is 10.8. The van der Waals surface area contributed by atoms with Gasteiger partial charge in [-0.2, -0.15) is 0 Å². The van der Waals surface area contributed by atoms with Crippen molar-refractivity contribution in [2.24, 2.45) is 4.99 Å². The molecule has 1 aliphatic rings. The van der Waals surface area contributed by atoms with Crippen molar-refractivity contribution in [3.05, 3.63) is 47.2 Å². The quantitative estimate of drug-likeness (QED) is 0.633. The molecule has 5 heteroatoms. The molecule has 0 radical (unpaired) electrons. The molecule has 3 amide bonds. The number of nitrogens with zero attached hydrogens (tertiary/aromatic N) is 3. The molecule has 5 nitrogen and oxygen atoms in total. The van der Waals surface area contributed by atoms with E-state index in [1.54, 1.807) is 38.8 Å². The fourth-order valence-corrected chi connectivity index (χ4v) is 2.72. The van der Waals surface area contributed by atoms with Crippen LogP contribution in [0.25, 0.3) is 0 Å². The minimum Gasteiger partial charge on any atom is -0.305 e. The van der Waals surface area contributed by atoms with Gasteiger partial charge in [0.15, 0.2) is 0 Å². The molecule has 0 N–H and O–H groups in total. The molecule has 122 valence electrons. The van der Waals surface area contributed by atoms with Gasteiger partial charge in [0.05, 0.1) is 5.70 Å². The molecule has 1 aromatic carbocycles. The van der Waals surface area contributed by atoms with Gasteiger partial charge < -0.3 is 4.90 Å². The van der Waals surface area contributed by atoms with Gasteiger partial charge in [-0.3, -0.25) is 9.79 Å². The van der Waals surface area contributed by atoms with E-state index < -0.39 is 5.54 Å². The first kappa shape index (κ1) is 16.9. The smallest absolute Gasteiger partial charge is 0.305 e. The van der Waals surface area contributed by atoms with Crippen LogP contribution in [0.2, 0.25) is 0 Å². The number of imide groups is 1. The number of rotatable bonds is 4. The van der Waals surface area contributed by atoms with Crippen molar-refractivity contribution in [2.75, 3.05) is 7.05 Å². The summed E-state index contributed by atoms with van der Waals surface area (Å²) in [5.74, 6) is -0.233. The van der Waals surface area contributed by atoms with Crippen molar-refractivity contribution in [1.82, 2.24) is 9.80 Å². The summed E-state index contributed by atoms with van der Waals surface area (Å²) in [5, 5.41) is 0. The molecule has 23 heavy (non-hydrogen) atoms. The molecule has 1 saturated heterocycles. The van der Waals surface area contributed by atoms with Crippen molar-refractivity contribution in [3.63, 3.8) is 0 Å². The molecule has 1 aliphatic heterocycles. The van der Waals surface area contributed by atoms with Gasteiger partial charge in [-0.15, -0.1) is 0 Å². The van der Waals surface area contributed by atoms with Crippen LogP contribution in [0.1, 0.15) is 31.9 Å². The summed E-state index contributed by atoms with van der Waals surface area (Å²) in [6.45, 7) is 7.75. The molecule has 0 aromatic heterocycles. The van der Waals surface area contributed by atoms with Crippen LogP contribution in [0.15, 0.2) is 41.0 Å². The van der Waals surface area contributed by atoms with Gasteiger partial charge in [0.2, 0.25) is 0 Å². The lowest BCUT2D eigenvalue weighted by atomic mass is 10.0. The summed E-state index contributed by atoms with van der Waals surface area (Å²) < 4.78 is 0. The van der Waals surface area contributed by atoms with E-state index in [1.165, 1.54) is 11.1 Å². The number of hydrogen-bond acceptors (Lipinski definition) is 3. The predicted octanol–water partition coefficient (Wildman–Crippen LogP) is 3.14. The molecule has 1 aromatic rings. The van der Waals surface area contributed by atoms with Gasteiger partial charge >= 0.3 is 6.03 Å². The number of urea groups is 1. The third-order valence-corrected chi connectivity index (χ3v) is 4.06. The van der Waals surface area contributed by atoms with Gasteiger partial charge in [-0.1, -0.05) is 35.9 Å². The van der Waals surface area contributed by atoms with Crippen molar-refractivity contribution < 1.29 is 9.59 Å². The molecule has 0 bridgehead atoms. The van der Waals surface area contributed by atoms with Gasteiger partial charge in [0.1, 0.15) is 5.54 Å². The van der Waals surface area contributed by atoms with E-state index >= 15 is 0 Å². The van der Waals surface area contributed by atoms with Gasteiger partial charge in [-0.05, 0) is 33.3 Å². The number of hydrogen-bond donors (Lipinski definition) is 0. The topological polar surface area (TPSA) is 53.0 Å². The normalized spacial score (nSPS) is 18.4. The van der Waals surface area contributed by atoms with Crippen LogP contribution in [0.3, 0.4) is 0 Å². The second-order valence-corrected chi connectivity index (χ2v) is 6.16. The Morgan fingerprint density at radius 2 is 2.00 bits per heavy atom. The zero-order chi connectivity index (χ0) is 17.2. The van der Waals surface area contributed by atoms with Crippen LogP contribution in [-0.2, 0) is 11.3 Å². The van der Waals surface area contributed by atoms with Crippen molar-refractivity contribution >= 4 is 18.2 Å². The lowest BCUT2D eigenvalue weighted by Crippen LogP contribution is -2.43. The monoisotopic (exact) mass is 313 g/mol. The highest BCUT2D eigenvalue weighted by molar-refractivity contribution is 6.11. The standard InChI is InChI=1S/C18H23N3O2/c1-6-15(11-19-5)21-16(22)18(3,4)20(17(21)23)12-14-9-7-8-13(2)10-14/h6-11H,12H2,1-5H3. The highest BCUT2D eigenvalue weighted by atomic mass is 16.2. The van der Waals surface area contributed by atoms with Crippen LogP contribution in [0.5, 0.6) is 0 Å². The summed E-state index contributed by atoms with van der Waals surface area (Å²) in [4.78, 5) is 32.3. The summed E-state index contributed by atoms with van der Waals surface area (Å²) >= 11 is 0. The van der Waals surface area contributed by atoms with Crippen molar-refractivity contribution in [1.29, 1.82) is 0 Å². The predicted molar refractivity (Wildman–Crippen MR) is 91.2 cm³/mol. The Hall–Kier alpha value is -2.43. The lowest BCUT2D eigenvalue weighted by Gasteiger charge is -2.27. The summed E-state index contributed by atoms with van der Waals surface area (Å²) in [6.07, 6.45) is 3.25. The Bertz CT molecular complexity index is 689. The minimum atomic E-state index is -0.892. The highest BCUT2D eigenvalue weighted by Crippen LogP contribution is 2.31. The Morgan fingerprint density at radius 3 is 2.57 bits per heavy atom. The highest BCUT2D eigenvalue weighted by Gasteiger charge is 2.51. The summed E-state index contributed by atoms with van der Waals surface area (Å²) in [6, 6.07) is 7.65. The van der Waals surface area contributed by atoms with Gasteiger partial charge in [-0.25, -0.2) is 9.69 Å². The average Bonchev–Trinajstić information content (AvgIpc) is 2.66. The Kier molecular flexibility index (Phi) is 4.68. The average molecular weight is 313 g/mol. The fourth-order valence-electron chi connectivity index (χ4n) is 2.72. The number of amides is 3. The maximum absolute atomic E-state index is 12.8. The number of carbonyl (C=O) groups is 2. The third-order valence-electron chi connectivity index (χ3n) is 4.06. The molecule has 0 saturated carbocycles. The number of aryl methyl sites for hydroxylation is 1. The van der Waals surface area contributed by atoms with Crippen LogP contribution >= 0.6 is 0 Å². The maximum Gasteiger partial charge on any atom is 0.332 e. The van der Waals surface area contributed by atoms with Gasteiger partial charge in [0, 0.05) is 19.8 Å². The number of benzene rings is 1. The molecular weight excluding hydrogens is 290 g/mol. The third kappa shape index (κ3) is 3.04. The molecule has 2 rings (SSSR count). The van der Waals surface area contributed by atoms with E-state index in [9.17, 15) is 9.59 Å².